The quantitative estimate of drug-likeness (QED) is 0.622. The summed E-state index contributed by atoms with van der Waals surface area (Å²) < 4.78 is 5.23. The number of oxazole rings is 1. The number of hydrogen-bond donors (Lipinski definition) is 0. The first-order valence-electron chi connectivity index (χ1n) is 4.46. The minimum absolute atomic E-state index is 0.627. The SMILES string of the molecule is CC.Cc1ccc2nc(C)oc2n1. The summed E-state index contributed by atoms with van der Waals surface area (Å²) in [5.41, 5.74) is 2.41. The third kappa shape index (κ3) is 2.05. The van der Waals surface area contributed by atoms with E-state index in [-0.39, 0.29) is 0 Å². The predicted molar refractivity (Wildman–Crippen MR) is 52.6 cm³/mol. The van der Waals surface area contributed by atoms with Gasteiger partial charge in [-0.2, -0.15) is 0 Å². The highest BCUT2D eigenvalue weighted by molar-refractivity contribution is 5.67. The molecule has 0 saturated heterocycles. The number of aryl methyl sites for hydroxylation is 2. The second kappa shape index (κ2) is 4.03. The van der Waals surface area contributed by atoms with Crippen LogP contribution in [0.2, 0.25) is 0 Å². The van der Waals surface area contributed by atoms with Gasteiger partial charge in [0.1, 0.15) is 5.52 Å². The molecule has 13 heavy (non-hydrogen) atoms. The van der Waals surface area contributed by atoms with Crippen molar-refractivity contribution in [2.45, 2.75) is 27.7 Å². The van der Waals surface area contributed by atoms with Gasteiger partial charge < -0.3 is 4.42 Å². The van der Waals surface area contributed by atoms with Crippen LogP contribution in [-0.2, 0) is 0 Å². The first-order valence-corrected chi connectivity index (χ1v) is 4.46. The van der Waals surface area contributed by atoms with Gasteiger partial charge in [0, 0.05) is 12.6 Å². The van der Waals surface area contributed by atoms with Gasteiger partial charge in [0.25, 0.3) is 0 Å². The summed E-state index contributed by atoms with van der Waals surface area (Å²) in [6.07, 6.45) is 0. The fourth-order valence-corrected chi connectivity index (χ4v) is 1.02. The van der Waals surface area contributed by atoms with Crippen molar-refractivity contribution in [1.82, 2.24) is 9.97 Å². The van der Waals surface area contributed by atoms with Gasteiger partial charge >= 0.3 is 0 Å². The van der Waals surface area contributed by atoms with E-state index in [1.165, 1.54) is 0 Å². The summed E-state index contributed by atoms with van der Waals surface area (Å²) in [5.74, 6) is 0.665. The van der Waals surface area contributed by atoms with Crippen LogP contribution in [0.25, 0.3) is 11.2 Å². The Morgan fingerprint density at radius 2 is 1.77 bits per heavy atom. The average molecular weight is 178 g/mol. The molecule has 2 aromatic heterocycles. The Hall–Kier alpha value is -1.38. The van der Waals surface area contributed by atoms with Crippen LogP contribution in [0.4, 0.5) is 0 Å². The highest BCUT2D eigenvalue weighted by Gasteiger charge is 2.01. The Morgan fingerprint density at radius 3 is 2.46 bits per heavy atom. The van der Waals surface area contributed by atoms with Crippen molar-refractivity contribution in [3.05, 3.63) is 23.7 Å². The van der Waals surface area contributed by atoms with Crippen molar-refractivity contribution in [2.24, 2.45) is 0 Å². The van der Waals surface area contributed by atoms with Crippen molar-refractivity contribution in [1.29, 1.82) is 0 Å². The van der Waals surface area contributed by atoms with E-state index in [0.29, 0.717) is 11.6 Å². The maximum absolute atomic E-state index is 5.23. The van der Waals surface area contributed by atoms with Gasteiger partial charge in [0.05, 0.1) is 0 Å². The Labute approximate surface area is 77.8 Å². The van der Waals surface area contributed by atoms with Crippen molar-refractivity contribution in [3.63, 3.8) is 0 Å². The normalized spacial score (nSPS) is 9.54. The lowest BCUT2D eigenvalue weighted by molar-refractivity contribution is 0.550. The second-order valence-corrected chi connectivity index (χ2v) is 2.51. The van der Waals surface area contributed by atoms with E-state index in [9.17, 15) is 0 Å². The van der Waals surface area contributed by atoms with E-state index < -0.39 is 0 Å². The van der Waals surface area contributed by atoms with Gasteiger partial charge in [-0.3, -0.25) is 0 Å². The third-order valence-electron chi connectivity index (χ3n) is 1.50. The molecule has 0 bridgehead atoms. The van der Waals surface area contributed by atoms with Crippen LogP contribution in [0.5, 0.6) is 0 Å². The van der Waals surface area contributed by atoms with E-state index >= 15 is 0 Å². The molecule has 0 N–H and O–H groups in total. The molecule has 2 aromatic rings. The number of hydrogen-bond acceptors (Lipinski definition) is 3. The molecule has 0 unspecified atom stereocenters. The van der Waals surface area contributed by atoms with E-state index in [0.717, 1.165) is 11.2 Å². The summed E-state index contributed by atoms with van der Waals surface area (Å²) in [5, 5.41) is 0. The first-order chi connectivity index (χ1) is 6.25. The van der Waals surface area contributed by atoms with Crippen molar-refractivity contribution in [2.75, 3.05) is 0 Å². The van der Waals surface area contributed by atoms with Crippen LogP contribution >= 0.6 is 0 Å². The minimum Gasteiger partial charge on any atom is -0.423 e. The molecule has 3 nitrogen and oxygen atoms in total. The molecule has 70 valence electrons. The molecular formula is C10H14N2O. The minimum atomic E-state index is 0.627. The molecule has 0 amide bonds. The van der Waals surface area contributed by atoms with Gasteiger partial charge in [-0.1, -0.05) is 13.8 Å². The monoisotopic (exact) mass is 178 g/mol. The van der Waals surface area contributed by atoms with E-state index in [2.05, 4.69) is 9.97 Å². The zero-order valence-electron chi connectivity index (χ0n) is 8.46. The van der Waals surface area contributed by atoms with E-state index in [1.807, 2.05) is 39.8 Å². The van der Waals surface area contributed by atoms with Crippen LogP contribution in [-0.4, -0.2) is 9.97 Å². The molecule has 2 rings (SSSR count). The largest absolute Gasteiger partial charge is 0.423 e. The van der Waals surface area contributed by atoms with Gasteiger partial charge in [-0.05, 0) is 19.1 Å². The van der Waals surface area contributed by atoms with E-state index in [4.69, 9.17) is 4.42 Å². The highest BCUT2D eigenvalue weighted by atomic mass is 16.4. The van der Waals surface area contributed by atoms with Crippen molar-refractivity contribution < 1.29 is 4.42 Å². The fourth-order valence-electron chi connectivity index (χ4n) is 1.02. The highest BCUT2D eigenvalue weighted by Crippen LogP contribution is 2.12. The number of rotatable bonds is 0. The lowest BCUT2D eigenvalue weighted by atomic mass is 10.4. The Kier molecular flexibility index (Phi) is 3.01. The molecule has 0 aliphatic heterocycles. The zero-order valence-corrected chi connectivity index (χ0v) is 8.46. The third-order valence-corrected chi connectivity index (χ3v) is 1.50. The topological polar surface area (TPSA) is 38.9 Å². The van der Waals surface area contributed by atoms with Gasteiger partial charge in [-0.15, -0.1) is 0 Å². The lowest BCUT2D eigenvalue weighted by Crippen LogP contribution is -1.78. The molecule has 0 saturated carbocycles. The van der Waals surface area contributed by atoms with E-state index in [1.54, 1.807) is 0 Å². The summed E-state index contributed by atoms with van der Waals surface area (Å²) in [7, 11) is 0. The fraction of sp³-hybridized carbons (Fsp3) is 0.400. The molecule has 0 fully saturated rings. The van der Waals surface area contributed by atoms with Crippen molar-refractivity contribution in [3.8, 4) is 0 Å². The van der Waals surface area contributed by atoms with Crippen molar-refractivity contribution >= 4 is 11.2 Å². The molecule has 2 heterocycles. The Bertz CT molecular complexity index is 393. The van der Waals surface area contributed by atoms with Crippen LogP contribution < -0.4 is 0 Å². The van der Waals surface area contributed by atoms with Gasteiger partial charge in [0.15, 0.2) is 5.89 Å². The second-order valence-electron chi connectivity index (χ2n) is 2.51. The standard InChI is InChI=1S/C8H8N2O.C2H6/c1-5-3-4-7-8(9-5)11-6(2)10-7;1-2/h3-4H,1-2H3;1-2H3. The molecule has 0 spiro atoms. The zero-order chi connectivity index (χ0) is 9.84. The summed E-state index contributed by atoms with van der Waals surface area (Å²) in [4.78, 5) is 8.29. The average Bonchev–Trinajstić information content (AvgIpc) is 2.48. The summed E-state index contributed by atoms with van der Waals surface area (Å²) in [6.45, 7) is 7.74. The van der Waals surface area contributed by atoms with Crippen LogP contribution in [0.15, 0.2) is 16.5 Å². The van der Waals surface area contributed by atoms with Crippen LogP contribution in [0.3, 0.4) is 0 Å². The summed E-state index contributed by atoms with van der Waals surface area (Å²) >= 11 is 0. The van der Waals surface area contributed by atoms with Gasteiger partial charge in [-0.25, -0.2) is 9.97 Å². The molecule has 3 heteroatoms. The number of pyridine rings is 1. The molecule has 0 atom stereocenters. The maximum Gasteiger partial charge on any atom is 0.247 e. The smallest absolute Gasteiger partial charge is 0.247 e. The van der Waals surface area contributed by atoms with Gasteiger partial charge in [0.2, 0.25) is 5.71 Å². The maximum atomic E-state index is 5.23. The number of fused-ring (bicyclic) bond motifs is 1. The number of aromatic nitrogens is 2. The summed E-state index contributed by atoms with van der Waals surface area (Å²) in [6, 6.07) is 3.83. The number of nitrogens with zero attached hydrogens (tertiary/aromatic N) is 2. The molecular weight excluding hydrogens is 164 g/mol. The molecule has 0 radical (unpaired) electrons. The molecule has 0 aromatic carbocycles. The Balaban J connectivity index is 0.000000396. The lowest BCUT2D eigenvalue weighted by Gasteiger charge is -1.86. The van der Waals surface area contributed by atoms with Crippen LogP contribution in [0.1, 0.15) is 25.4 Å². The predicted octanol–water partition coefficient (Wildman–Crippen LogP) is 2.87. The first kappa shape index (κ1) is 9.71. The molecule has 0 aliphatic carbocycles. The van der Waals surface area contributed by atoms with Crippen LogP contribution in [0, 0.1) is 13.8 Å². The Morgan fingerprint density at radius 1 is 1.08 bits per heavy atom. The molecule has 0 aliphatic rings.